The molecule has 3 rings (SSSR count). The highest BCUT2D eigenvalue weighted by Gasteiger charge is 2.47. The Kier molecular flexibility index (Phi) is 5.73. The molecule has 11 heteroatoms. The Morgan fingerprint density at radius 2 is 1.90 bits per heavy atom. The summed E-state index contributed by atoms with van der Waals surface area (Å²) in [6.07, 6.45) is -4.32. The zero-order valence-corrected chi connectivity index (χ0v) is 17.6. The molecular formula is C20H18F4N4O2S. The Hall–Kier alpha value is -3.10. The number of hydrogen-bond donors (Lipinski definition) is 2. The third kappa shape index (κ3) is 3.96. The molecule has 1 unspecified atom stereocenters. The summed E-state index contributed by atoms with van der Waals surface area (Å²) < 4.78 is 53.4. The second-order valence-corrected chi connectivity index (χ2v) is 9.83. The summed E-state index contributed by atoms with van der Waals surface area (Å²) in [5.74, 6) is -1.17. The Balaban J connectivity index is 2.01. The molecular weight excluding hydrogens is 436 g/mol. The van der Waals surface area contributed by atoms with Gasteiger partial charge in [-0.05, 0) is 50.2 Å². The van der Waals surface area contributed by atoms with Gasteiger partial charge >= 0.3 is 6.18 Å². The van der Waals surface area contributed by atoms with Gasteiger partial charge in [-0.2, -0.15) is 23.3 Å². The van der Waals surface area contributed by atoms with E-state index in [1.807, 2.05) is 0 Å². The molecule has 0 radical (unpaired) electrons. The predicted molar refractivity (Wildman–Crippen MR) is 109 cm³/mol. The number of alkyl halides is 3. The minimum absolute atomic E-state index is 0.0517. The van der Waals surface area contributed by atoms with Crippen molar-refractivity contribution in [3.05, 3.63) is 53.3 Å². The Morgan fingerprint density at radius 1 is 1.23 bits per heavy atom. The van der Waals surface area contributed by atoms with Crippen LogP contribution in [0.5, 0.6) is 0 Å². The van der Waals surface area contributed by atoms with Crippen LogP contribution in [0, 0.1) is 17.1 Å². The fourth-order valence-electron chi connectivity index (χ4n) is 3.18. The first-order valence-electron chi connectivity index (χ1n) is 8.92. The predicted octanol–water partition coefficient (Wildman–Crippen LogP) is 3.91. The topological polar surface area (TPSA) is 76.4 Å². The second kappa shape index (κ2) is 7.86. The van der Waals surface area contributed by atoms with Crippen molar-refractivity contribution in [3.63, 3.8) is 0 Å². The quantitative estimate of drug-likeness (QED) is 0.417. The van der Waals surface area contributed by atoms with Gasteiger partial charge in [0.1, 0.15) is 5.82 Å². The monoisotopic (exact) mass is 454 g/mol. The lowest BCUT2D eigenvalue weighted by Gasteiger charge is -2.27. The molecule has 2 amide bonds. The number of hydrazine groups is 1. The molecule has 0 aliphatic carbocycles. The van der Waals surface area contributed by atoms with Crippen LogP contribution in [0.1, 0.15) is 25.0 Å². The summed E-state index contributed by atoms with van der Waals surface area (Å²) >= 11 is -1.55. The number of carbonyl (C=O) groups excluding carboxylic acids is 2. The largest absolute Gasteiger partial charge is 0.417 e. The van der Waals surface area contributed by atoms with Gasteiger partial charge in [-0.1, -0.05) is 0 Å². The Labute approximate surface area is 178 Å². The molecule has 1 aliphatic rings. The van der Waals surface area contributed by atoms with Crippen LogP contribution in [0.25, 0.3) is 0 Å². The van der Waals surface area contributed by atoms with Gasteiger partial charge < -0.3 is 4.90 Å². The van der Waals surface area contributed by atoms with Crippen LogP contribution in [-0.2, 0) is 15.8 Å². The molecule has 1 N–H and O–H groups in total. The molecule has 0 bridgehead atoms. The number of carbonyl (C=O) groups is 2. The van der Waals surface area contributed by atoms with Crippen molar-refractivity contribution in [1.82, 2.24) is 4.83 Å². The molecule has 31 heavy (non-hydrogen) atoms. The molecule has 164 valence electrons. The van der Waals surface area contributed by atoms with E-state index in [4.69, 9.17) is 5.26 Å². The lowest BCUT2D eigenvalue weighted by molar-refractivity contribution is -0.137. The van der Waals surface area contributed by atoms with Crippen molar-refractivity contribution in [2.45, 2.75) is 29.7 Å². The maximum absolute atomic E-state index is 14.5. The van der Waals surface area contributed by atoms with Crippen LogP contribution >= 0.6 is 11.1 Å². The molecule has 1 heterocycles. The maximum atomic E-state index is 14.5. The van der Waals surface area contributed by atoms with Crippen LogP contribution in [0.2, 0.25) is 0 Å². The molecule has 2 aromatic carbocycles. The minimum Gasteiger partial charge on any atom is -0.315 e. The molecule has 2 aromatic rings. The lowest BCUT2D eigenvalue weighted by atomic mass is 10.1. The summed E-state index contributed by atoms with van der Waals surface area (Å²) in [6.45, 7) is 3.23. The van der Waals surface area contributed by atoms with Gasteiger partial charge in [0.25, 0.3) is 5.91 Å². The number of halogens is 4. The van der Waals surface area contributed by atoms with E-state index < -0.39 is 44.9 Å². The van der Waals surface area contributed by atoms with Gasteiger partial charge in [0.2, 0.25) is 6.41 Å². The van der Waals surface area contributed by atoms with Crippen molar-refractivity contribution in [2.75, 3.05) is 17.0 Å². The number of nitrogens with zero attached hydrogens (tertiary/aromatic N) is 3. The molecule has 0 spiro atoms. The van der Waals surface area contributed by atoms with Crippen LogP contribution in [-0.4, -0.2) is 24.1 Å². The number of hydrogen-bond acceptors (Lipinski definition) is 4. The molecule has 1 aliphatic heterocycles. The third-order valence-electron chi connectivity index (χ3n) is 4.90. The van der Waals surface area contributed by atoms with E-state index in [-0.39, 0.29) is 11.4 Å². The van der Waals surface area contributed by atoms with Crippen molar-refractivity contribution < 1.29 is 27.2 Å². The van der Waals surface area contributed by atoms with Gasteiger partial charge in [0.15, 0.2) is 0 Å². The van der Waals surface area contributed by atoms with Crippen LogP contribution in [0.15, 0.2) is 41.3 Å². The summed E-state index contributed by atoms with van der Waals surface area (Å²) in [4.78, 5) is 28.3. The van der Waals surface area contributed by atoms with Gasteiger partial charge in [-0.3, -0.25) is 9.59 Å². The smallest absolute Gasteiger partial charge is 0.315 e. The highest BCUT2D eigenvalue weighted by Crippen LogP contribution is 2.52. The SMILES string of the molecule is CN(C=O)c1ccc([SH]2NN(c3ccc(C#N)c(C(F)(F)F)c3)C(=O)C2(C)C)cc1F. The second-order valence-electron chi connectivity index (χ2n) is 7.33. The molecule has 1 saturated heterocycles. The van der Waals surface area contributed by atoms with Gasteiger partial charge in [-0.25, -0.2) is 9.40 Å². The third-order valence-corrected chi connectivity index (χ3v) is 7.40. The summed E-state index contributed by atoms with van der Waals surface area (Å²) in [6, 6.07) is 8.65. The molecule has 1 atom stereocenters. The van der Waals surface area contributed by atoms with E-state index in [1.165, 1.54) is 31.3 Å². The van der Waals surface area contributed by atoms with Crippen molar-refractivity contribution >= 4 is 34.8 Å². The minimum atomic E-state index is -4.77. The Bertz CT molecular complexity index is 1100. The molecule has 0 aromatic heterocycles. The number of benzene rings is 2. The summed E-state index contributed by atoms with van der Waals surface area (Å²) in [7, 11) is 1.39. The van der Waals surface area contributed by atoms with Gasteiger partial charge in [0.05, 0.1) is 33.3 Å². The van der Waals surface area contributed by atoms with Gasteiger partial charge in [-0.15, -0.1) is 11.1 Å². The first-order chi connectivity index (χ1) is 14.4. The maximum Gasteiger partial charge on any atom is 0.417 e. The van der Waals surface area contributed by atoms with Gasteiger partial charge in [0, 0.05) is 11.9 Å². The van der Waals surface area contributed by atoms with E-state index in [0.29, 0.717) is 11.3 Å². The molecule has 1 fully saturated rings. The normalized spacial score (nSPS) is 19.2. The van der Waals surface area contributed by atoms with Crippen LogP contribution < -0.4 is 14.7 Å². The number of nitriles is 1. The fourth-order valence-corrected chi connectivity index (χ4v) is 5.35. The number of anilines is 2. The highest BCUT2D eigenvalue weighted by molar-refractivity contribution is 8.17. The number of rotatable bonds is 4. The van der Waals surface area contributed by atoms with Crippen LogP contribution in [0.4, 0.5) is 28.9 Å². The van der Waals surface area contributed by atoms with E-state index in [2.05, 4.69) is 4.83 Å². The van der Waals surface area contributed by atoms with E-state index >= 15 is 0 Å². The zero-order valence-electron chi connectivity index (χ0n) is 16.7. The highest BCUT2D eigenvalue weighted by atomic mass is 32.2. The fraction of sp³-hybridized carbons (Fsp3) is 0.250. The van der Waals surface area contributed by atoms with E-state index in [9.17, 15) is 27.2 Å². The lowest BCUT2D eigenvalue weighted by Crippen LogP contribution is -2.38. The van der Waals surface area contributed by atoms with Crippen molar-refractivity contribution in [1.29, 1.82) is 5.26 Å². The number of amides is 2. The summed E-state index contributed by atoms with van der Waals surface area (Å²) in [5, 5.41) is 9.97. The average Bonchev–Trinajstić information content (AvgIpc) is 2.95. The zero-order chi connectivity index (χ0) is 23.1. The first-order valence-corrected chi connectivity index (χ1v) is 10.3. The molecule has 6 nitrogen and oxygen atoms in total. The number of nitrogens with one attached hydrogen (secondary N) is 1. The standard InChI is InChI=1S/C20H18F4N4O2S/c1-19(2)18(30)28(13-5-4-12(10-25)15(8-13)20(22,23)24)26-31(19)14-6-7-17(16(21)9-14)27(3)11-29/h4-9,11,26,31H,1-3H3. The summed E-state index contributed by atoms with van der Waals surface area (Å²) in [5.41, 5.74) is -1.73. The van der Waals surface area contributed by atoms with E-state index in [0.717, 1.165) is 22.0 Å². The number of thiol groups is 1. The van der Waals surface area contributed by atoms with E-state index in [1.54, 1.807) is 19.9 Å². The van der Waals surface area contributed by atoms with Crippen molar-refractivity contribution in [3.8, 4) is 6.07 Å². The average molecular weight is 454 g/mol. The van der Waals surface area contributed by atoms with Crippen LogP contribution in [0.3, 0.4) is 0 Å². The van der Waals surface area contributed by atoms with Crippen molar-refractivity contribution in [2.24, 2.45) is 0 Å². The first kappa shape index (κ1) is 22.6. The Morgan fingerprint density at radius 3 is 2.45 bits per heavy atom. The molecule has 0 saturated carbocycles.